The number of nitrogens with zero attached hydrogens (tertiary/aromatic N) is 1. The first-order chi connectivity index (χ1) is 5.22. The Morgan fingerprint density at radius 3 is 2.55 bits per heavy atom. The molecule has 0 amide bonds. The summed E-state index contributed by atoms with van der Waals surface area (Å²) < 4.78 is 2.30. The van der Waals surface area contributed by atoms with Gasteiger partial charge in [-0.3, -0.25) is 0 Å². The average molecular weight is 267 g/mol. The van der Waals surface area contributed by atoms with Gasteiger partial charge in [0.05, 0.1) is 0 Å². The molecule has 0 radical (unpaired) electrons. The second-order valence-corrected chi connectivity index (χ2v) is 3.91. The van der Waals surface area contributed by atoms with E-state index in [0.29, 0.717) is 6.04 Å². The third-order valence-electron chi connectivity index (χ3n) is 1.61. The number of allylic oxidation sites excluding steroid dienone is 1. The van der Waals surface area contributed by atoms with Crippen molar-refractivity contribution in [1.29, 1.82) is 0 Å². The SMILES string of the molecule is CCC/C=C\C(C)N(I)CC. The van der Waals surface area contributed by atoms with E-state index in [2.05, 4.69) is 58.9 Å². The molecule has 0 aliphatic carbocycles. The van der Waals surface area contributed by atoms with Crippen molar-refractivity contribution in [2.45, 2.75) is 39.7 Å². The lowest BCUT2D eigenvalue weighted by Crippen LogP contribution is -2.20. The maximum atomic E-state index is 2.37. The number of unbranched alkanes of at least 4 members (excludes halogenated alkanes) is 1. The van der Waals surface area contributed by atoms with Gasteiger partial charge < -0.3 is 0 Å². The first-order valence-corrected chi connectivity index (χ1v) is 5.27. The summed E-state index contributed by atoms with van der Waals surface area (Å²) >= 11 is 2.37. The summed E-state index contributed by atoms with van der Waals surface area (Å²) in [5.74, 6) is 0. The molecule has 1 atom stereocenters. The lowest BCUT2D eigenvalue weighted by Gasteiger charge is -2.16. The largest absolute Gasteiger partial charge is 0.241 e. The fourth-order valence-corrected chi connectivity index (χ4v) is 1.03. The minimum Gasteiger partial charge on any atom is -0.241 e. The van der Waals surface area contributed by atoms with E-state index in [1.54, 1.807) is 0 Å². The van der Waals surface area contributed by atoms with Crippen molar-refractivity contribution in [2.24, 2.45) is 0 Å². The van der Waals surface area contributed by atoms with Crippen LogP contribution in [0.2, 0.25) is 0 Å². The monoisotopic (exact) mass is 267 g/mol. The predicted molar refractivity (Wildman–Crippen MR) is 59.9 cm³/mol. The van der Waals surface area contributed by atoms with Gasteiger partial charge in [0.15, 0.2) is 0 Å². The number of hydrogen-bond acceptors (Lipinski definition) is 1. The Kier molecular flexibility index (Phi) is 7.38. The van der Waals surface area contributed by atoms with Crippen molar-refractivity contribution in [1.82, 2.24) is 3.11 Å². The first-order valence-electron chi connectivity index (χ1n) is 4.31. The highest BCUT2D eigenvalue weighted by Gasteiger charge is 2.02. The van der Waals surface area contributed by atoms with Crippen LogP contribution in [0.25, 0.3) is 0 Å². The molecule has 0 fully saturated rings. The lowest BCUT2D eigenvalue weighted by molar-refractivity contribution is 0.485. The van der Waals surface area contributed by atoms with Crippen LogP contribution in [-0.2, 0) is 0 Å². The topological polar surface area (TPSA) is 3.24 Å². The minimum atomic E-state index is 0.576. The molecule has 0 heterocycles. The molecule has 0 N–H and O–H groups in total. The molecule has 2 heteroatoms. The van der Waals surface area contributed by atoms with Gasteiger partial charge in [0, 0.05) is 35.5 Å². The smallest absolute Gasteiger partial charge is 0.0345 e. The fraction of sp³-hybridized carbons (Fsp3) is 0.778. The molecular formula is C9H18IN. The molecule has 0 rings (SSSR count). The maximum Gasteiger partial charge on any atom is 0.0345 e. The third kappa shape index (κ3) is 5.67. The normalized spacial score (nSPS) is 14.6. The van der Waals surface area contributed by atoms with Crippen molar-refractivity contribution in [2.75, 3.05) is 6.54 Å². The van der Waals surface area contributed by atoms with Crippen LogP contribution in [0, 0.1) is 0 Å². The summed E-state index contributed by atoms with van der Waals surface area (Å²) in [4.78, 5) is 0. The molecule has 0 spiro atoms. The van der Waals surface area contributed by atoms with Crippen LogP contribution in [0.5, 0.6) is 0 Å². The van der Waals surface area contributed by atoms with Gasteiger partial charge in [-0.25, -0.2) is 3.11 Å². The Labute approximate surface area is 84.3 Å². The van der Waals surface area contributed by atoms with Crippen LogP contribution in [-0.4, -0.2) is 15.7 Å². The van der Waals surface area contributed by atoms with E-state index in [1.807, 2.05) is 0 Å². The summed E-state index contributed by atoms with van der Waals surface area (Å²) in [6.07, 6.45) is 7.00. The average Bonchev–Trinajstić information content (AvgIpc) is 2.03. The number of likely N-dealkylation sites (N-methyl/N-ethyl adjacent to an activating group) is 1. The Bertz CT molecular complexity index is 112. The zero-order valence-electron chi connectivity index (χ0n) is 7.68. The van der Waals surface area contributed by atoms with E-state index >= 15 is 0 Å². The number of halogens is 1. The third-order valence-corrected chi connectivity index (χ3v) is 3.17. The predicted octanol–water partition coefficient (Wildman–Crippen LogP) is 3.40. The van der Waals surface area contributed by atoms with E-state index < -0.39 is 0 Å². The molecule has 0 aromatic rings. The van der Waals surface area contributed by atoms with Crippen LogP contribution in [0.3, 0.4) is 0 Å². The molecular weight excluding hydrogens is 249 g/mol. The van der Waals surface area contributed by atoms with Gasteiger partial charge in [0.2, 0.25) is 0 Å². The zero-order valence-corrected chi connectivity index (χ0v) is 9.84. The number of hydrogen-bond donors (Lipinski definition) is 0. The molecule has 0 aromatic carbocycles. The van der Waals surface area contributed by atoms with E-state index in [0.717, 1.165) is 6.54 Å². The maximum absolute atomic E-state index is 2.37. The van der Waals surface area contributed by atoms with E-state index in [1.165, 1.54) is 12.8 Å². The van der Waals surface area contributed by atoms with E-state index in [-0.39, 0.29) is 0 Å². The van der Waals surface area contributed by atoms with Gasteiger partial charge in [-0.2, -0.15) is 0 Å². The Morgan fingerprint density at radius 1 is 1.45 bits per heavy atom. The van der Waals surface area contributed by atoms with Gasteiger partial charge in [0.25, 0.3) is 0 Å². The Balaban J connectivity index is 3.57. The van der Waals surface area contributed by atoms with Crippen LogP contribution < -0.4 is 0 Å². The Hall–Kier alpha value is 0.430. The van der Waals surface area contributed by atoms with Crippen molar-refractivity contribution in [3.63, 3.8) is 0 Å². The highest BCUT2D eigenvalue weighted by atomic mass is 127. The first kappa shape index (κ1) is 11.4. The summed E-state index contributed by atoms with van der Waals surface area (Å²) in [5.41, 5.74) is 0. The van der Waals surface area contributed by atoms with Crippen LogP contribution in [0.15, 0.2) is 12.2 Å². The number of rotatable bonds is 5. The summed E-state index contributed by atoms with van der Waals surface area (Å²) in [6.45, 7) is 7.72. The van der Waals surface area contributed by atoms with Crippen LogP contribution in [0.4, 0.5) is 0 Å². The van der Waals surface area contributed by atoms with E-state index in [4.69, 9.17) is 0 Å². The molecule has 0 aromatic heterocycles. The van der Waals surface area contributed by atoms with E-state index in [9.17, 15) is 0 Å². The molecule has 0 saturated carbocycles. The molecule has 66 valence electrons. The summed E-state index contributed by atoms with van der Waals surface area (Å²) in [5, 5.41) is 0. The molecule has 0 bridgehead atoms. The molecule has 1 nitrogen and oxygen atoms in total. The molecule has 1 unspecified atom stereocenters. The lowest BCUT2D eigenvalue weighted by atomic mass is 10.2. The van der Waals surface area contributed by atoms with Gasteiger partial charge in [-0.05, 0) is 13.3 Å². The van der Waals surface area contributed by atoms with Crippen LogP contribution >= 0.6 is 22.9 Å². The van der Waals surface area contributed by atoms with Crippen molar-refractivity contribution in [3.05, 3.63) is 12.2 Å². The molecule has 0 aliphatic rings. The minimum absolute atomic E-state index is 0.576. The van der Waals surface area contributed by atoms with Crippen molar-refractivity contribution >= 4 is 22.9 Å². The van der Waals surface area contributed by atoms with Gasteiger partial charge in [-0.15, -0.1) is 0 Å². The molecule has 0 aliphatic heterocycles. The Morgan fingerprint density at radius 2 is 2.09 bits per heavy atom. The second kappa shape index (κ2) is 7.10. The molecule has 0 saturated heterocycles. The summed E-state index contributed by atoms with van der Waals surface area (Å²) in [6, 6.07) is 0.576. The van der Waals surface area contributed by atoms with Gasteiger partial charge >= 0.3 is 0 Å². The highest BCUT2D eigenvalue weighted by molar-refractivity contribution is 14.1. The zero-order chi connectivity index (χ0) is 8.69. The fourth-order valence-electron chi connectivity index (χ4n) is 0.841. The van der Waals surface area contributed by atoms with Crippen molar-refractivity contribution < 1.29 is 0 Å². The summed E-state index contributed by atoms with van der Waals surface area (Å²) in [7, 11) is 0. The van der Waals surface area contributed by atoms with Gasteiger partial charge in [0.1, 0.15) is 0 Å². The quantitative estimate of drug-likeness (QED) is 0.419. The second-order valence-electron chi connectivity index (χ2n) is 2.67. The van der Waals surface area contributed by atoms with Crippen molar-refractivity contribution in [3.8, 4) is 0 Å². The standard InChI is InChI=1S/C9H18IN/c1-4-6-7-8-9(3)11(10)5-2/h7-9H,4-6H2,1-3H3/b8-7-. The molecule has 11 heavy (non-hydrogen) atoms. The van der Waals surface area contributed by atoms with Crippen LogP contribution in [0.1, 0.15) is 33.6 Å². The van der Waals surface area contributed by atoms with Gasteiger partial charge in [-0.1, -0.05) is 32.4 Å². The highest BCUT2D eigenvalue weighted by Crippen LogP contribution is 2.07.